The minimum atomic E-state index is -1.92. The number of aromatic nitrogens is 1. The average Bonchev–Trinajstić information content (AvgIpc) is 3.75. The zero-order valence-electron chi connectivity index (χ0n) is 40.1. The Morgan fingerprint density at radius 2 is 1.04 bits per heavy atom. The van der Waals surface area contributed by atoms with Crippen LogP contribution in [0.4, 0.5) is 0 Å². The van der Waals surface area contributed by atoms with Crippen LogP contribution in [-0.4, -0.2) is 181 Å². The Morgan fingerprint density at radius 1 is 0.575 bits per heavy atom. The van der Waals surface area contributed by atoms with Gasteiger partial charge in [0.2, 0.25) is 47.3 Å². The highest BCUT2D eigenvalue weighted by Crippen LogP contribution is 2.20. The molecule has 2 aromatic rings. The number of aliphatic hydroxyl groups is 2. The van der Waals surface area contributed by atoms with Crippen LogP contribution in [0.3, 0.4) is 0 Å². The number of carbonyl (C=O) groups excluding carboxylic acids is 8. The molecule has 0 unspecified atom stereocenters. The lowest BCUT2D eigenvalue weighted by molar-refractivity contribution is -0.142. The standard InChI is InChI=1S/C44H67N11O16S2/c1-21(2)13-28(39(65)52-30(15-35(60)61)41(67)48-26(9-5-6-12-45)37(63)49-27(10-11-34(58)59)38(64)55-33(20-73)44(70)71)50-40(66)29(14-22-16-47-25-8-4-3-7-23(22)25)51-42(68)32(18-57)54-43(69)31(17-56)53-36(62)24(46)19-72/h3-4,7-8,16,21,24,26-33,47,56-57,72-73H,5-6,9-15,17-20,45-46H2,1-2H3,(H,48,67)(H,49,63)(H,50,66)(H,51,68)(H,52,65)(H,53,62)(H,54,69)(H,55,64)(H,58,59)(H,60,61)(H,70,71)/t24-,26-,27-,28-,29-,30-,31-,32-,33-/m0/s1. The van der Waals surface area contributed by atoms with Gasteiger partial charge in [-0.25, -0.2) is 4.79 Å². The number of para-hydroxylation sites is 1. The number of carbonyl (C=O) groups is 11. The van der Waals surface area contributed by atoms with Crippen molar-refractivity contribution in [1.82, 2.24) is 47.5 Å². The van der Waals surface area contributed by atoms with E-state index < -0.39 is 152 Å². The summed E-state index contributed by atoms with van der Waals surface area (Å²) in [6.07, 6.45) is -0.700. The maximum atomic E-state index is 14.3. The fraction of sp³-hybridized carbons (Fsp3) is 0.568. The molecule has 0 fully saturated rings. The van der Waals surface area contributed by atoms with Crippen LogP contribution >= 0.6 is 25.3 Å². The number of hydrogen-bond donors (Lipinski definition) is 18. The van der Waals surface area contributed by atoms with Crippen molar-refractivity contribution in [1.29, 1.82) is 0 Å². The second-order valence-corrected chi connectivity index (χ2v) is 17.9. The van der Waals surface area contributed by atoms with Gasteiger partial charge in [-0.05, 0) is 56.2 Å². The number of carboxylic acids is 3. The van der Waals surface area contributed by atoms with E-state index in [1.807, 2.05) is 0 Å². The number of rotatable bonds is 34. The van der Waals surface area contributed by atoms with E-state index in [1.54, 1.807) is 44.3 Å². The first-order valence-electron chi connectivity index (χ1n) is 23.0. The second kappa shape index (κ2) is 31.8. The van der Waals surface area contributed by atoms with E-state index >= 15 is 0 Å². The molecule has 0 saturated heterocycles. The van der Waals surface area contributed by atoms with Gasteiger partial charge in [-0.15, -0.1) is 0 Å². The lowest BCUT2D eigenvalue weighted by Crippen LogP contribution is -2.61. The molecule has 0 aliphatic heterocycles. The number of amides is 8. The predicted octanol–water partition coefficient (Wildman–Crippen LogP) is -4.64. The molecule has 1 aromatic carbocycles. The molecule has 9 atom stereocenters. The maximum absolute atomic E-state index is 14.3. The molecular formula is C44H67N11O16S2. The normalized spacial score (nSPS) is 14.9. The summed E-state index contributed by atoms with van der Waals surface area (Å²) in [6.45, 7) is 1.53. The molecule has 27 nitrogen and oxygen atoms in total. The Kier molecular flexibility index (Phi) is 27.3. The van der Waals surface area contributed by atoms with Crippen molar-refractivity contribution in [2.75, 3.05) is 31.3 Å². The van der Waals surface area contributed by atoms with Crippen molar-refractivity contribution in [3.63, 3.8) is 0 Å². The van der Waals surface area contributed by atoms with E-state index in [0.29, 0.717) is 22.9 Å². The summed E-state index contributed by atoms with van der Waals surface area (Å²) in [5.41, 5.74) is 12.4. The third kappa shape index (κ3) is 21.2. The third-order valence-corrected chi connectivity index (χ3v) is 11.7. The number of unbranched alkanes of at least 4 members (excludes halogenated alkanes) is 1. The summed E-state index contributed by atoms with van der Waals surface area (Å²) in [6, 6.07) is -7.34. The van der Waals surface area contributed by atoms with E-state index in [2.05, 4.69) is 72.8 Å². The molecule has 8 amide bonds. The Morgan fingerprint density at radius 3 is 1.56 bits per heavy atom. The van der Waals surface area contributed by atoms with Gasteiger partial charge < -0.3 is 84.5 Å². The molecule has 1 heterocycles. The number of aromatic amines is 1. The summed E-state index contributed by atoms with van der Waals surface area (Å²) in [7, 11) is 0. The number of hydrogen-bond acceptors (Lipinski definition) is 17. The summed E-state index contributed by atoms with van der Waals surface area (Å²) >= 11 is 7.81. The minimum absolute atomic E-state index is 0.107. The maximum Gasteiger partial charge on any atom is 0.327 e. The van der Waals surface area contributed by atoms with E-state index in [0.717, 1.165) is 0 Å². The highest BCUT2D eigenvalue weighted by molar-refractivity contribution is 7.80. The Balaban J connectivity index is 2.48. The van der Waals surface area contributed by atoms with Gasteiger partial charge >= 0.3 is 17.9 Å². The van der Waals surface area contributed by atoms with Crippen LogP contribution in [0, 0.1) is 5.92 Å². The van der Waals surface area contributed by atoms with Crippen LogP contribution in [-0.2, 0) is 59.2 Å². The first-order chi connectivity index (χ1) is 34.5. The molecule has 2 rings (SSSR count). The predicted molar refractivity (Wildman–Crippen MR) is 266 cm³/mol. The van der Waals surface area contributed by atoms with Crippen molar-refractivity contribution in [2.45, 2.75) is 120 Å². The van der Waals surface area contributed by atoms with Gasteiger partial charge in [-0.2, -0.15) is 25.3 Å². The van der Waals surface area contributed by atoms with Gasteiger partial charge in [-0.1, -0.05) is 32.0 Å². The molecule has 0 aliphatic carbocycles. The van der Waals surface area contributed by atoms with E-state index in [1.165, 1.54) is 0 Å². The largest absolute Gasteiger partial charge is 0.481 e. The number of benzene rings is 1. The number of thiol groups is 2. The van der Waals surface area contributed by atoms with Crippen molar-refractivity contribution in [3.05, 3.63) is 36.0 Å². The van der Waals surface area contributed by atoms with Gasteiger partial charge in [0.05, 0.1) is 25.7 Å². The summed E-state index contributed by atoms with van der Waals surface area (Å²) in [5, 5.41) is 67.7. The molecular weight excluding hydrogens is 1000 g/mol. The number of nitrogens with two attached hydrogens (primary N) is 2. The number of aliphatic carboxylic acids is 3. The van der Waals surface area contributed by atoms with Crippen molar-refractivity contribution < 1.29 is 78.3 Å². The van der Waals surface area contributed by atoms with Crippen LogP contribution in [0.25, 0.3) is 10.9 Å². The van der Waals surface area contributed by atoms with Gasteiger partial charge in [-0.3, -0.25) is 47.9 Å². The molecule has 406 valence electrons. The lowest BCUT2D eigenvalue weighted by atomic mass is 10.00. The van der Waals surface area contributed by atoms with Crippen molar-refractivity contribution in [3.8, 4) is 0 Å². The molecule has 73 heavy (non-hydrogen) atoms. The quantitative estimate of drug-likeness (QED) is 0.0231. The van der Waals surface area contributed by atoms with Crippen LogP contribution < -0.4 is 54.0 Å². The number of carboxylic acid groups (broad SMARTS) is 3. The van der Waals surface area contributed by atoms with Crippen molar-refractivity contribution >= 4 is 101 Å². The molecule has 0 saturated carbocycles. The van der Waals surface area contributed by atoms with Crippen LogP contribution in [0.1, 0.15) is 64.4 Å². The highest BCUT2D eigenvalue weighted by Gasteiger charge is 2.36. The van der Waals surface area contributed by atoms with Crippen molar-refractivity contribution in [2.24, 2.45) is 17.4 Å². The fourth-order valence-electron chi connectivity index (χ4n) is 6.96. The SMILES string of the molecule is CC(C)C[C@H](NC(=O)[C@H](Cc1c[nH]c2ccccc12)NC(=O)[C@H](CO)NC(=O)[C@H](CO)NC(=O)[C@@H](N)CS)C(=O)N[C@@H](CC(=O)O)C(=O)N[C@@H](CCCCN)C(=O)N[C@@H](CCC(=O)O)C(=O)N[C@@H](CS)C(=O)O. The number of H-pyrrole nitrogens is 1. The number of aliphatic hydroxyl groups excluding tert-OH is 2. The molecule has 1 aromatic heterocycles. The topological polar surface area (TPSA) is 453 Å². The molecule has 0 bridgehead atoms. The average molecular weight is 1070 g/mol. The Labute approximate surface area is 430 Å². The fourth-order valence-corrected chi connectivity index (χ4v) is 7.37. The Bertz CT molecular complexity index is 2250. The summed E-state index contributed by atoms with van der Waals surface area (Å²) < 4.78 is 0. The number of fused-ring (bicyclic) bond motifs is 1. The molecule has 0 radical (unpaired) electrons. The third-order valence-electron chi connectivity index (χ3n) is 10.9. The highest BCUT2D eigenvalue weighted by atomic mass is 32.1. The molecule has 18 N–H and O–H groups in total. The van der Waals surface area contributed by atoms with Gasteiger partial charge in [0, 0.05) is 41.4 Å². The van der Waals surface area contributed by atoms with E-state index in [-0.39, 0.29) is 49.7 Å². The molecule has 0 aliphatic rings. The van der Waals surface area contributed by atoms with E-state index in [9.17, 15) is 78.3 Å². The smallest absolute Gasteiger partial charge is 0.327 e. The van der Waals surface area contributed by atoms with E-state index in [4.69, 9.17) is 11.5 Å². The van der Waals surface area contributed by atoms with Crippen LogP contribution in [0.5, 0.6) is 0 Å². The monoisotopic (exact) mass is 1070 g/mol. The zero-order chi connectivity index (χ0) is 54.9. The Hall–Kier alpha value is -6.53. The first kappa shape index (κ1) is 62.6. The molecule has 0 spiro atoms. The number of nitrogens with one attached hydrogen (secondary N) is 9. The van der Waals surface area contributed by atoms with Gasteiger partial charge in [0.1, 0.15) is 48.3 Å². The first-order valence-corrected chi connectivity index (χ1v) is 24.3. The van der Waals surface area contributed by atoms with Crippen LogP contribution in [0.15, 0.2) is 30.5 Å². The summed E-state index contributed by atoms with van der Waals surface area (Å²) in [4.78, 5) is 146. The molecule has 29 heteroatoms. The zero-order valence-corrected chi connectivity index (χ0v) is 41.9. The van der Waals surface area contributed by atoms with Gasteiger partial charge in [0.15, 0.2) is 0 Å². The van der Waals surface area contributed by atoms with Crippen LogP contribution in [0.2, 0.25) is 0 Å². The minimum Gasteiger partial charge on any atom is -0.481 e. The lowest BCUT2D eigenvalue weighted by Gasteiger charge is -2.28. The van der Waals surface area contributed by atoms with Gasteiger partial charge in [0.25, 0.3) is 0 Å². The second-order valence-electron chi connectivity index (χ2n) is 17.2. The summed E-state index contributed by atoms with van der Waals surface area (Å²) in [5.74, 6) is -13.7.